The molecular weight excluding hydrogens is 316 g/mol. The minimum absolute atomic E-state index is 0.0460. The van der Waals surface area contributed by atoms with E-state index in [1.807, 2.05) is 0 Å². The van der Waals surface area contributed by atoms with E-state index in [1.54, 1.807) is 6.92 Å². The zero-order chi connectivity index (χ0) is 17.0. The molecule has 0 bridgehead atoms. The van der Waals surface area contributed by atoms with Crippen molar-refractivity contribution in [3.63, 3.8) is 0 Å². The molecule has 0 atom stereocenters. The summed E-state index contributed by atoms with van der Waals surface area (Å²) in [6.45, 7) is 3.87. The molecule has 0 fully saturated rings. The summed E-state index contributed by atoms with van der Waals surface area (Å²) >= 11 is 1.38. The molecule has 1 amide bonds. The first-order valence-corrected chi connectivity index (χ1v) is 7.96. The van der Waals surface area contributed by atoms with Gasteiger partial charge >= 0.3 is 5.97 Å². The van der Waals surface area contributed by atoms with Crippen LogP contribution in [-0.4, -0.2) is 29.1 Å². The third-order valence-corrected chi connectivity index (χ3v) is 4.42. The van der Waals surface area contributed by atoms with Crippen LogP contribution in [0.3, 0.4) is 0 Å². The number of methoxy groups -OCH3 is 1. The quantitative estimate of drug-likeness (QED) is 0.845. The van der Waals surface area contributed by atoms with Crippen LogP contribution < -0.4 is 10.1 Å². The Morgan fingerprint density at radius 3 is 2.74 bits per heavy atom. The van der Waals surface area contributed by atoms with E-state index in [1.165, 1.54) is 36.6 Å². The Balaban J connectivity index is 2.21. The summed E-state index contributed by atoms with van der Waals surface area (Å²) in [5.41, 5.74) is 1.22. The number of rotatable bonds is 6. The molecule has 0 spiro atoms. The fraction of sp³-hybridized carbons (Fsp3) is 0.312. The van der Waals surface area contributed by atoms with Gasteiger partial charge in [0.15, 0.2) is 0 Å². The highest BCUT2D eigenvalue weighted by Crippen LogP contribution is 2.25. The summed E-state index contributed by atoms with van der Waals surface area (Å²) in [4.78, 5) is 28.4. The van der Waals surface area contributed by atoms with Crippen LogP contribution >= 0.6 is 11.3 Å². The van der Waals surface area contributed by atoms with Crippen molar-refractivity contribution in [3.8, 4) is 5.75 Å². The van der Waals surface area contributed by atoms with Crippen molar-refractivity contribution in [1.82, 2.24) is 4.98 Å². The molecule has 1 aromatic carbocycles. The normalized spacial score (nSPS) is 10.4. The number of aromatic nitrogens is 1. The first kappa shape index (κ1) is 17.0. The zero-order valence-corrected chi connectivity index (χ0v) is 14.0. The number of amides is 1. The van der Waals surface area contributed by atoms with Gasteiger partial charge in [-0.05, 0) is 31.9 Å². The number of anilines is 1. The number of carboxylic acids is 1. The van der Waals surface area contributed by atoms with Crippen molar-refractivity contribution in [2.24, 2.45) is 0 Å². The number of nitrogens with one attached hydrogen (secondary N) is 1. The van der Waals surface area contributed by atoms with Gasteiger partial charge in [0.05, 0.1) is 17.8 Å². The maximum Gasteiger partial charge on any atom is 0.339 e. The summed E-state index contributed by atoms with van der Waals surface area (Å²) < 4.78 is 5.05. The Morgan fingerprint density at radius 2 is 2.13 bits per heavy atom. The fourth-order valence-corrected chi connectivity index (χ4v) is 3.18. The topological polar surface area (TPSA) is 88.5 Å². The summed E-state index contributed by atoms with van der Waals surface area (Å²) in [6, 6.07) is 4.43. The van der Waals surface area contributed by atoms with Gasteiger partial charge in [0.2, 0.25) is 0 Å². The van der Waals surface area contributed by atoms with Crippen molar-refractivity contribution in [1.29, 1.82) is 0 Å². The SMILES string of the molecule is CCCc1nc(C)c(C(=O)Nc2ccc(C(=O)O)c(OC)c2)s1. The molecule has 23 heavy (non-hydrogen) atoms. The number of hydrogen-bond donors (Lipinski definition) is 2. The van der Waals surface area contributed by atoms with E-state index in [-0.39, 0.29) is 17.2 Å². The van der Waals surface area contributed by atoms with E-state index in [0.717, 1.165) is 17.8 Å². The standard InChI is InChI=1S/C16H18N2O4S/c1-4-5-13-17-9(2)14(23-13)15(19)18-10-6-7-11(16(20)21)12(8-10)22-3/h6-8H,4-5H2,1-3H3,(H,18,19)(H,20,21). The van der Waals surface area contributed by atoms with Crippen LogP contribution in [0.1, 0.15) is 44.1 Å². The Hall–Kier alpha value is -2.41. The van der Waals surface area contributed by atoms with Crippen LogP contribution in [0.15, 0.2) is 18.2 Å². The molecule has 0 unspecified atom stereocenters. The Morgan fingerprint density at radius 1 is 1.39 bits per heavy atom. The maximum absolute atomic E-state index is 12.4. The van der Waals surface area contributed by atoms with Crippen LogP contribution in [0, 0.1) is 6.92 Å². The van der Waals surface area contributed by atoms with Gasteiger partial charge in [0, 0.05) is 11.8 Å². The molecule has 0 radical (unpaired) electrons. The molecular formula is C16H18N2O4S. The lowest BCUT2D eigenvalue weighted by Crippen LogP contribution is -2.12. The highest BCUT2D eigenvalue weighted by atomic mass is 32.1. The number of carbonyl (C=O) groups excluding carboxylic acids is 1. The molecule has 0 aliphatic heterocycles. The second-order valence-electron chi connectivity index (χ2n) is 4.95. The number of hydrogen-bond acceptors (Lipinski definition) is 5. The number of aryl methyl sites for hydroxylation is 2. The van der Waals surface area contributed by atoms with Gasteiger partial charge in [-0.15, -0.1) is 11.3 Å². The maximum atomic E-state index is 12.4. The zero-order valence-electron chi connectivity index (χ0n) is 13.2. The fourth-order valence-electron chi connectivity index (χ4n) is 2.12. The number of carbonyl (C=O) groups is 2. The highest BCUT2D eigenvalue weighted by Gasteiger charge is 2.17. The average Bonchev–Trinajstić information content (AvgIpc) is 2.88. The summed E-state index contributed by atoms with van der Waals surface area (Å²) in [5.74, 6) is -1.14. The van der Waals surface area contributed by atoms with Crippen LogP contribution in [0.2, 0.25) is 0 Å². The monoisotopic (exact) mass is 334 g/mol. The number of thiazole rings is 1. The molecule has 122 valence electrons. The van der Waals surface area contributed by atoms with Crippen LogP contribution in [0.25, 0.3) is 0 Å². The Kier molecular flexibility index (Phi) is 5.33. The van der Waals surface area contributed by atoms with E-state index in [2.05, 4.69) is 17.2 Å². The third kappa shape index (κ3) is 3.87. The highest BCUT2D eigenvalue weighted by molar-refractivity contribution is 7.13. The molecule has 0 saturated carbocycles. The number of carboxylic acid groups (broad SMARTS) is 1. The molecule has 1 heterocycles. The second kappa shape index (κ2) is 7.23. The van der Waals surface area contributed by atoms with Gasteiger partial charge in [-0.2, -0.15) is 0 Å². The number of ether oxygens (including phenoxy) is 1. The smallest absolute Gasteiger partial charge is 0.339 e. The van der Waals surface area contributed by atoms with Crippen molar-refractivity contribution >= 4 is 28.9 Å². The third-order valence-electron chi connectivity index (χ3n) is 3.20. The number of benzene rings is 1. The number of nitrogens with zero attached hydrogens (tertiary/aromatic N) is 1. The summed E-state index contributed by atoms with van der Waals surface area (Å²) in [6.07, 6.45) is 1.82. The lowest BCUT2D eigenvalue weighted by molar-refractivity contribution is 0.0693. The Labute approximate surface area is 138 Å². The Bertz CT molecular complexity index is 740. The van der Waals surface area contributed by atoms with E-state index >= 15 is 0 Å². The van der Waals surface area contributed by atoms with E-state index < -0.39 is 5.97 Å². The lowest BCUT2D eigenvalue weighted by Gasteiger charge is -2.09. The lowest BCUT2D eigenvalue weighted by atomic mass is 10.2. The molecule has 2 N–H and O–H groups in total. The average molecular weight is 334 g/mol. The van der Waals surface area contributed by atoms with E-state index in [9.17, 15) is 9.59 Å². The molecule has 7 heteroatoms. The predicted octanol–water partition coefficient (Wildman–Crippen LogP) is 3.36. The first-order valence-electron chi connectivity index (χ1n) is 7.15. The number of aromatic carboxylic acids is 1. The molecule has 0 aliphatic carbocycles. The molecule has 0 saturated heterocycles. The molecule has 2 aromatic rings. The van der Waals surface area contributed by atoms with Crippen molar-refractivity contribution in [3.05, 3.63) is 39.3 Å². The van der Waals surface area contributed by atoms with Gasteiger partial charge < -0.3 is 15.2 Å². The van der Waals surface area contributed by atoms with Crippen molar-refractivity contribution in [2.45, 2.75) is 26.7 Å². The largest absolute Gasteiger partial charge is 0.496 e. The van der Waals surface area contributed by atoms with E-state index in [4.69, 9.17) is 9.84 Å². The predicted molar refractivity (Wildman–Crippen MR) is 88.8 cm³/mol. The molecule has 6 nitrogen and oxygen atoms in total. The van der Waals surface area contributed by atoms with Crippen LogP contribution in [0.5, 0.6) is 5.75 Å². The van der Waals surface area contributed by atoms with Gasteiger partial charge in [0.1, 0.15) is 16.2 Å². The molecule has 1 aromatic heterocycles. The molecule has 0 aliphatic rings. The second-order valence-corrected chi connectivity index (χ2v) is 6.03. The first-order chi connectivity index (χ1) is 11.0. The van der Waals surface area contributed by atoms with Gasteiger partial charge in [-0.25, -0.2) is 9.78 Å². The van der Waals surface area contributed by atoms with Crippen molar-refractivity contribution < 1.29 is 19.4 Å². The summed E-state index contributed by atoms with van der Waals surface area (Å²) in [5, 5.41) is 12.8. The minimum Gasteiger partial charge on any atom is -0.496 e. The van der Waals surface area contributed by atoms with E-state index in [0.29, 0.717) is 16.3 Å². The van der Waals surface area contributed by atoms with Gasteiger partial charge in [-0.1, -0.05) is 6.92 Å². The molecule has 2 rings (SSSR count). The van der Waals surface area contributed by atoms with Crippen LogP contribution in [-0.2, 0) is 6.42 Å². The van der Waals surface area contributed by atoms with Gasteiger partial charge in [-0.3, -0.25) is 4.79 Å². The van der Waals surface area contributed by atoms with Crippen molar-refractivity contribution in [2.75, 3.05) is 12.4 Å². The minimum atomic E-state index is -1.08. The summed E-state index contributed by atoms with van der Waals surface area (Å²) in [7, 11) is 1.39. The van der Waals surface area contributed by atoms with Crippen LogP contribution in [0.4, 0.5) is 5.69 Å². The van der Waals surface area contributed by atoms with Gasteiger partial charge in [0.25, 0.3) is 5.91 Å².